The summed E-state index contributed by atoms with van der Waals surface area (Å²) < 4.78 is 9.86. The summed E-state index contributed by atoms with van der Waals surface area (Å²) in [5.74, 6) is -4.96. The maximum Gasteiger partial charge on any atom is 0.408 e. The molecule has 0 spiro atoms. The Labute approximate surface area is 190 Å². The first-order valence-electron chi connectivity index (χ1n) is 10.4. The van der Waals surface area contributed by atoms with Crippen LogP contribution in [0.4, 0.5) is 4.79 Å². The van der Waals surface area contributed by atoms with Crippen molar-refractivity contribution >= 4 is 23.8 Å². The summed E-state index contributed by atoms with van der Waals surface area (Å²) in [5, 5.41) is 12.3. The number of carbonyl (C=O) groups is 4. The minimum absolute atomic E-state index is 0.00737. The quantitative estimate of drug-likeness (QED) is 0.460. The van der Waals surface area contributed by atoms with Gasteiger partial charge >= 0.3 is 18.0 Å². The Morgan fingerprint density at radius 2 is 1.64 bits per heavy atom. The Morgan fingerprint density at radius 3 is 2.18 bits per heavy atom. The second-order valence-corrected chi connectivity index (χ2v) is 8.01. The zero-order chi connectivity index (χ0) is 24.0. The molecule has 0 bridgehead atoms. The van der Waals surface area contributed by atoms with Gasteiger partial charge in [0.15, 0.2) is 5.78 Å². The monoisotopic (exact) mass is 454 g/mol. The zero-order valence-electron chi connectivity index (χ0n) is 18.1. The van der Waals surface area contributed by atoms with E-state index in [2.05, 4.69) is 10.1 Å². The van der Waals surface area contributed by atoms with Gasteiger partial charge in [-0.2, -0.15) is 0 Å². The molecule has 0 aromatic heterocycles. The Kier molecular flexibility index (Phi) is 7.44. The van der Waals surface area contributed by atoms with Crippen LogP contribution in [0.1, 0.15) is 17.5 Å². The van der Waals surface area contributed by atoms with Crippen LogP contribution in [0.15, 0.2) is 60.7 Å². The molecule has 2 aromatic carbocycles. The van der Waals surface area contributed by atoms with Gasteiger partial charge in [0.05, 0.1) is 18.9 Å². The highest BCUT2D eigenvalue weighted by Gasteiger charge is 2.63. The number of nitrogens with two attached hydrogens (primary N) is 1. The molecule has 4 N–H and O–H groups in total. The maximum absolute atomic E-state index is 13.3. The van der Waals surface area contributed by atoms with Gasteiger partial charge < -0.3 is 25.6 Å². The molecular weight excluding hydrogens is 428 g/mol. The molecule has 174 valence electrons. The van der Waals surface area contributed by atoms with Crippen molar-refractivity contribution in [2.75, 3.05) is 7.11 Å². The second kappa shape index (κ2) is 10.3. The maximum atomic E-state index is 13.3. The largest absolute Gasteiger partial charge is 0.481 e. The lowest BCUT2D eigenvalue weighted by molar-refractivity contribution is -0.146. The number of carboxylic acid groups (broad SMARTS) is 1. The van der Waals surface area contributed by atoms with Crippen molar-refractivity contribution in [3.63, 3.8) is 0 Å². The minimum atomic E-state index is -1.53. The molecule has 3 rings (SSSR count). The summed E-state index contributed by atoms with van der Waals surface area (Å²) in [5.41, 5.74) is 5.86. The van der Waals surface area contributed by atoms with Crippen molar-refractivity contribution in [1.29, 1.82) is 0 Å². The number of nitrogens with one attached hydrogen (secondary N) is 1. The number of Topliss-reactive ketones (excluding diaryl/α,β-unsaturated/α-hetero) is 1. The topological polar surface area (TPSA) is 145 Å². The molecule has 9 nitrogen and oxygen atoms in total. The van der Waals surface area contributed by atoms with Gasteiger partial charge in [-0.15, -0.1) is 0 Å². The number of hydrogen-bond acceptors (Lipinski definition) is 7. The third-order valence-corrected chi connectivity index (χ3v) is 5.72. The summed E-state index contributed by atoms with van der Waals surface area (Å²) in [7, 11) is 1.16. The van der Waals surface area contributed by atoms with Crippen molar-refractivity contribution in [3.05, 3.63) is 71.8 Å². The SMILES string of the molecule is COC(=O)C1(N)CC1C(=O)[C@@H](NC(=O)OCc1ccccc1)C(Cc1ccccc1)C(=O)O. The van der Waals surface area contributed by atoms with E-state index >= 15 is 0 Å². The molecule has 4 atom stereocenters. The van der Waals surface area contributed by atoms with Gasteiger partial charge in [-0.1, -0.05) is 60.7 Å². The first-order valence-corrected chi connectivity index (χ1v) is 10.4. The molecule has 9 heteroatoms. The molecule has 0 radical (unpaired) electrons. The lowest BCUT2D eigenvalue weighted by Crippen LogP contribution is -2.52. The number of rotatable bonds is 10. The van der Waals surface area contributed by atoms with Crippen LogP contribution in [0.3, 0.4) is 0 Å². The summed E-state index contributed by atoms with van der Waals surface area (Å²) in [4.78, 5) is 49.9. The van der Waals surface area contributed by atoms with Gasteiger partial charge in [0.25, 0.3) is 0 Å². The molecule has 0 saturated heterocycles. The number of amides is 1. The number of aliphatic carboxylic acids is 1. The Bertz CT molecular complexity index is 1010. The van der Waals surface area contributed by atoms with Crippen LogP contribution in [-0.4, -0.2) is 47.6 Å². The molecule has 33 heavy (non-hydrogen) atoms. The second-order valence-electron chi connectivity index (χ2n) is 8.01. The molecule has 0 heterocycles. The molecule has 1 saturated carbocycles. The van der Waals surface area contributed by atoms with E-state index in [0.29, 0.717) is 5.56 Å². The van der Waals surface area contributed by atoms with Crippen LogP contribution in [0.5, 0.6) is 0 Å². The van der Waals surface area contributed by atoms with Crippen molar-refractivity contribution in [2.45, 2.75) is 31.0 Å². The van der Waals surface area contributed by atoms with Gasteiger partial charge in [0.1, 0.15) is 18.2 Å². The van der Waals surface area contributed by atoms with Gasteiger partial charge in [0.2, 0.25) is 0 Å². The van der Waals surface area contributed by atoms with Crippen LogP contribution in [0.25, 0.3) is 0 Å². The van der Waals surface area contributed by atoms with Crippen molar-refractivity contribution in [1.82, 2.24) is 5.32 Å². The third kappa shape index (κ3) is 5.75. The van der Waals surface area contributed by atoms with Crippen LogP contribution >= 0.6 is 0 Å². The van der Waals surface area contributed by atoms with Crippen LogP contribution in [0, 0.1) is 11.8 Å². The highest BCUT2D eigenvalue weighted by molar-refractivity contribution is 6.02. The highest BCUT2D eigenvalue weighted by atomic mass is 16.5. The van der Waals surface area contributed by atoms with Gasteiger partial charge in [-0.05, 0) is 24.0 Å². The average Bonchev–Trinajstić information content (AvgIpc) is 3.53. The van der Waals surface area contributed by atoms with E-state index in [1.807, 2.05) is 6.07 Å². The Morgan fingerprint density at radius 1 is 1.06 bits per heavy atom. The average molecular weight is 454 g/mol. The first-order chi connectivity index (χ1) is 15.8. The fourth-order valence-electron chi connectivity index (χ4n) is 3.74. The minimum Gasteiger partial charge on any atom is -0.481 e. The van der Waals surface area contributed by atoms with Crippen LogP contribution < -0.4 is 11.1 Å². The first kappa shape index (κ1) is 23.9. The predicted molar refractivity (Wildman–Crippen MR) is 117 cm³/mol. The number of ether oxygens (including phenoxy) is 2. The number of methoxy groups -OCH3 is 1. The number of hydrogen-bond donors (Lipinski definition) is 3. The van der Waals surface area contributed by atoms with Crippen molar-refractivity contribution < 1.29 is 33.8 Å². The number of ketones is 1. The molecule has 1 fully saturated rings. The molecular formula is C24H26N2O7. The van der Waals surface area contributed by atoms with E-state index < -0.39 is 47.2 Å². The van der Waals surface area contributed by atoms with Crippen molar-refractivity contribution in [3.8, 4) is 0 Å². The van der Waals surface area contributed by atoms with E-state index in [1.54, 1.807) is 54.6 Å². The Balaban J connectivity index is 1.80. The lowest BCUT2D eigenvalue weighted by Gasteiger charge is -2.25. The number of carbonyl (C=O) groups excluding carboxylic acids is 3. The summed E-state index contributed by atoms with van der Waals surface area (Å²) in [6.07, 6.45) is -0.959. The van der Waals surface area contributed by atoms with E-state index in [0.717, 1.165) is 12.7 Å². The molecule has 2 aromatic rings. The smallest absolute Gasteiger partial charge is 0.408 e. The van der Waals surface area contributed by atoms with Gasteiger partial charge in [-0.3, -0.25) is 14.4 Å². The summed E-state index contributed by atoms with van der Waals surface area (Å²) >= 11 is 0. The van der Waals surface area contributed by atoms with E-state index in [1.165, 1.54) is 0 Å². The van der Waals surface area contributed by atoms with Crippen molar-refractivity contribution in [2.24, 2.45) is 17.6 Å². The third-order valence-electron chi connectivity index (χ3n) is 5.72. The molecule has 0 aliphatic heterocycles. The zero-order valence-corrected chi connectivity index (χ0v) is 18.1. The van der Waals surface area contributed by atoms with E-state index in [9.17, 15) is 24.3 Å². The Hall–Kier alpha value is -3.72. The van der Waals surface area contributed by atoms with Gasteiger partial charge in [0, 0.05) is 0 Å². The molecule has 3 unspecified atom stereocenters. The number of alkyl carbamates (subject to hydrolysis) is 1. The lowest BCUT2D eigenvalue weighted by atomic mass is 9.87. The summed E-state index contributed by atoms with van der Waals surface area (Å²) in [6, 6.07) is 16.2. The fourth-order valence-corrected chi connectivity index (χ4v) is 3.74. The summed E-state index contributed by atoms with van der Waals surface area (Å²) in [6.45, 7) is -0.0591. The molecule has 1 amide bonds. The van der Waals surface area contributed by atoms with E-state index in [-0.39, 0.29) is 19.4 Å². The molecule has 1 aliphatic rings. The molecule has 1 aliphatic carbocycles. The normalized spacial score (nSPS) is 20.7. The van der Waals surface area contributed by atoms with Gasteiger partial charge in [-0.25, -0.2) is 4.79 Å². The number of esters is 1. The number of carboxylic acids is 1. The fraction of sp³-hybridized carbons (Fsp3) is 0.333. The van der Waals surface area contributed by atoms with Crippen LogP contribution in [0.2, 0.25) is 0 Å². The highest BCUT2D eigenvalue weighted by Crippen LogP contribution is 2.44. The predicted octanol–water partition coefficient (Wildman–Crippen LogP) is 1.68. The standard InChI is InChI=1S/C24H26N2O7/c1-32-22(30)24(25)13-18(24)20(27)19(17(21(28)29)12-15-8-4-2-5-9-15)26-23(31)33-14-16-10-6-3-7-11-16/h2-11,17-19H,12-14,25H2,1H3,(H,26,31)(H,28,29)/t17?,18?,19-,24?/m0/s1. The number of benzene rings is 2. The van der Waals surface area contributed by atoms with Crippen LogP contribution in [-0.2, 0) is 36.9 Å². The van der Waals surface area contributed by atoms with E-state index in [4.69, 9.17) is 10.5 Å².